The van der Waals surface area contributed by atoms with Crippen molar-refractivity contribution < 1.29 is 0 Å². The summed E-state index contributed by atoms with van der Waals surface area (Å²) < 4.78 is 0. The number of rotatable bonds is 2. The standard InChI is InChI=1S/C15H12N4/c1-2-13-10(3-6-16-13)9-11(1)19-14-5-8-18-15-12(14)4-7-17-15/h1-9,16H,(H2,17,18,19). The Morgan fingerprint density at radius 3 is 2.89 bits per heavy atom. The van der Waals surface area contributed by atoms with Crippen LogP contribution in [0.1, 0.15) is 0 Å². The van der Waals surface area contributed by atoms with Crippen LogP contribution in [0, 0.1) is 0 Å². The van der Waals surface area contributed by atoms with Crippen LogP contribution in [0.4, 0.5) is 11.4 Å². The van der Waals surface area contributed by atoms with Crippen molar-refractivity contribution in [1.29, 1.82) is 0 Å². The highest BCUT2D eigenvalue weighted by Crippen LogP contribution is 2.26. The number of fused-ring (bicyclic) bond motifs is 2. The van der Waals surface area contributed by atoms with Crippen molar-refractivity contribution in [3.05, 3.63) is 55.0 Å². The summed E-state index contributed by atoms with van der Waals surface area (Å²) in [5.74, 6) is 0. The first kappa shape index (κ1) is 10.2. The molecule has 4 aromatic rings. The number of aromatic nitrogens is 3. The van der Waals surface area contributed by atoms with Gasteiger partial charge in [0.05, 0.1) is 5.69 Å². The van der Waals surface area contributed by atoms with Gasteiger partial charge in [0.15, 0.2) is 0 Å². The van der Waals surface area contributed by atoms with E-state index in [9.17, 15) is 0 Å². The van der Waals surface area contributed by atoms with Gasteiger partial charge in [-0.2, -0.15) is 0 Å². The minimum absolute atomic E-state index is 0.896. The van der Waals surface area contributed by atoms with Gasteiger partial charge in [-0.15, -0.1) is 0 Å². The number of nitrogens with one attached hydrogen (secondary N) is 3. The van der Waals surface area contributed by atoms with Crippen LogP contribution in [0.2, 0.25) is 0 Å². The summed E-state index contributed by atoms with van der Waals surface area (Å²) >= 11 is 0. The van der Waals surface area contributed by atoms with Crippen LogP contribution in [0.25, 0.3) is 21.9 Å². The highest BCUT2D eigenvalue weighted by Gasteiger charge is 2.03. The van der Waals surface area contributed by atoms with Gasteiger partial charge in [-0.25, -0.2) is 4.98 Å². The van der Waals surface area contributed by atoms with E-state index >= 15 is 0 Å². The van der Waals surface area contributed by atoms with Gasteiger partial charge in [0.2, 0.25) is 0 Å². The van der Waals surface area contributed by atoms with Crippen molar-refractivity contribution >= 4 is 33.3 Å². The Labute approximate surface area is 109 Å². The second-order valence-electron chi connectivity index (χ2n) is 4.50. The third-order valence-electron chi connectivity index (χ3n) is 3.29. The van der Waals surface area contributed by atoms with E-state index in [1.165, 1.54) is 5.39 Å². The molecular weight excluding hydrogens is 236 g/mol. The molecule has 4 rings (SSSR count). The van der Waals surface area contributed by atoms with Crippen LogP contribution >= 0.6 is 0 Å². The lowest BCUT2D eigenvalue weighted by molar-refractivity contribution is 1.32. The first-order chi connectivity index (χ1) is 9.40. The average Bonchev–Trinajstić information content (AvgIpc) is 3.06. The van der Waals surface area contributed by atoms with E-state index in [0.29, 0.717) is 0 Å². The maximum Gasteiger partial charge on any atom is 0.139 e. The first-order valence-corrected chi connectivity index (χ1v) is 6.16. The Kier molecular flexibility index (Phi) is 2.08. The molecule has 0 radical (unpaired) electrons. The van der Waals surface area contributed by atoms with Crippen molar-refractivity contribution in [3.63, 3.8) is 0 Å². The van der Waals surface area contributed by atoms with Gasteiger partial charge in [0.25, 0.3) is 0 Å². The van der Waals surface area contributed by atoms with Crippen molar-refractivity contribution in [2.24, 2.45) is 0 Å². The summed E-state index contributed by atoms with van der Waals surface area (Å²) in [6.07, 6.45) is 5.65. The molecule has 0 fully saturated rings. The van der Waals surface area contributed by atoms with E-state index in [2.05, 4.69) is 44.5 Å². The van der Waals surface area contributed by atoms with E-state index in [1.54, 1.807) is 6.20 Å². The number of benzene rings is 1. The SMILES string of the molecule is c1cc(Nc2ccc3[nH]ccc3c2)c2cc[nH]c2n1. The molecule has 92 valence electrons. The predicted molar refractivity (Wildman–Crippen MR) is 77.7 cm³/mol. The Morgan fingerprint density at radius 1 is 0.947 bits per heavy atom. The highest BCUT2D eigenvalue weighted by atomic mass is 14.9. The summed E-state index contributed by atoms with van der Waals surface area (Å²) in [6.45, 7) is 0. The number of hydrogen-bond acceptors (Lipinski definition) is 2. The average molecular weight is 248 g/mol. The normalized spacial score (nSPS) is 11.2. The molecule has 3 heterocycles. The second-order valence-corrected chi connectivity index (χ2v) is 4.50. The maximum absolute atomic E-state index is 4.28. The lowest BCUT2D eigenvalue weighted by atomic mass is 10.2. The maximum atomic E-state index is 4.28. The summed E-state index contributed by atoms with van der Waals surface area (Å²) in [4.78, 5) is 10.6. The van der Waals surface area contributed by atoms with Gasteiger partial charge in [-0.3, -0.25) is 0 Å². The molecule has 0 saturated heterocycles. The van der Waals surface area contributed by atoms with Crippen LogP contribution in [-0.2, 0) is 0 Å². The zero-order chi connectivity index (χ0) is 12.7. The largest absolute Gasteiger partial charge is 0.361 e. The molecule has 0 bridgehead atoms. The molecule has 3 N–H and O–H groups in total. The fraction of sp³-hybridized carbons (Fsp3) is 0. The van der Waals surface area contributed by atoms with Gasteiger partial charge in [0.1, 0.15) is 5.65 Å². The molecule has 0 aliphatic carbocycles. The Hall–Kier alpha value is -2.75. The number of aromatic amines is 2. The third-order valence-corrected chi connectivity index (χ3v) is 3.29. The second kappa shape index (κ2) is 3.88. The molecule has 0 atom stereocenters. The fourth-order valence-corrected chi connectivity index (χ4v) is 2.36. The fourth-order valence-electron chi connectivity index (χ4n) is 2.36. The number of nitrogens with zero attached hydrogens (tertiary/aromatic N) is 1. The summed E-state index contributed by atoms with van der Waals surface area (Å²) in [7, 11) is 0. The lowest BCUT2D eigenvalue weighted by Crippen LogP contribution is -1.91. The molecule has 0 aliphatic rings. The van der Waals surface area contributed by atoms with Crippen molar-refractivity contribution in [2.75, 3.05) is 5.32 Å². The monoisotopic (exact) mass is 248 g/mol. The molecule has 0 aliphatic heterocycles. The van der Waals surface area contributed by atoms with E-state index in [4.69, 9.17) is 0 Å². The van der Waals surface area contributed by atoms with Gasteiger partial charge >= 0.3 is 0 Å². The molecule has 0 spiro atoms. The van der Waals surface area contributed by atoms with Crippen LogP contribution in [-0.4, -0.2) is 15.0 Å². The smallest absolute Gasteiger partial charge is 0.139 e. The molecule has 19 heavy (non-hydrogen) atoms. The highest BCUT2D eigenvalue weighted by molar-refractivity contribution is 5.92. The molecule has 0 unspecified atom stereocenters. The zero-order valence-corrected chi connectivity index (χ0v) is 10.1. The van der Waals surface area contributed by atoms with Gasteiger partial charge in [-0.1, -0.05) is 0 Å². The van der Waals surface area contributed by atoms with Crippen molar-refractivity contribution in [1.82, 2.24) is 15.0 Å². The summed E-state index contributed by atoms with van der Waals surface area (Å²) in [6, 6.07) is 12.4. The van der Waals surface area contributed by atoms with Gasteiger partial charge in [0, 0.05) is 40.6 Å². The van der Waals surface area contributed by atoms with Crippen molar-refractivity contribution in [3.8, 4) is 0 Å². The molecule has 1 aromatic carbocycles. The van der Waals surface area contributed by atoms with E-state index < -0.39 is 0 Å². The Morgan fingerprint density at radius 2 is 1.89 bits per heavy atom. The number of H-pyrrole nitrogens is 2. The van der Waals surface area contributed by atoms with Gasteiger partial charge < -0.3 is 15.3 Å². The number of anilines is 2. The van der Waals surface area contributed by atoms with E-state index in [1.807, 2.05) is 24.5 Å². The predicted octanol–water partition coefficient (Wildman–Crippen LogP) is 3.79. The molecule has 0 saturated carbocycles. The number of hydrogen-bond donors (Lipinski definition) is 3. The minimum Gasteiger partial charge on any atom is -0.361 e. The quantitative estimate of drug-likeness (QED) is 0.505. The van der Waals surface area contributed by atoms with Crippen LogP contribution in [0.5, 0.6) is 0 Å². The van der Waals surface area contributed by atoms with E-state index in [0.717, 1.165) is 27.9 Å². The van der Waals surface area contributed by atoms with E-state index in [-0.39, 0.29) is 0 Å². The minimum atomic E-state index is 0.896. The molecule has 3 aromatic heterocycles. The lowest BCUT2D eigenvalue weighted by Gasteiger charge is -2.07. The first-order valence-electron chi connectivity index (χ1n) is 6.16. The van der Waals surface area contributed by atoms with Crippen LogP contribution in [0.15, 0.2) is 55.0 Å². The summed E-state index contributed by atoms with van der Waals surface area (Å²) in [5.41, 5.74) is 4.17. The van der Waals surface area contributed by atoms with Crippen LogP contribution < -0.4 is 5.32 Å². The van der Waals surface area contributed by atoms with Gasteiger partial charge in [-0.05, 0) is 36.4 Å². The third kappa shape index (κ3) is 1.65. The molecule has 4 nitrogen and oxygen atoms in total. The van der Waals surface area contributed by atoms with Crippen molar-refractivity contribution in [2.45, 2.75) is 0 Å². The zero-order valence-electron chi connectivity index (χ0n) is 10.1. The molecule has 0 amide bonds. The van der Waals surface area contributed by atoms with Crippen LogP contribution in [0.3, 0.4) is 0 Å². The number of pyridine rings is 1. The topological polar surface area (TPSA) is 56.5 Å². The Balaban J connectivity index is 1.79. The molecule has 4 heteroatoms. The Bertz CT molecular complexity index is 856. The summed E-state index contributed by atoms with van der Waals surface area (Å²) in [5, 5.41) is 5.73. The molecular formula is C15H12N4.